The monoisotopic (exact) mass is 355 g/mol. The van der Waals surface area contributed by atoms with Crippen LogP contribution in [0, 0.1) is 0 Å². The number of para-hydroxylation sites is 1. The van der Waals surface area contributed by atoms with Crippen LogP contribution in [0.3, 0.4) is 0 Å². The number of hydrogen-bond donors (Lipinski definition) is 2. The lowest BCUT2D eigenvalue weighted by atomic mass is 10.0. The molecule has 2 N–H and O–H groups in total. The first kappa shape index (κ1) is 18.2. The van der Waals surface area contributed by atoms with E-state index in [4.69, 9.17) is 4.74 Å². The maximum atomic E-state index is 12.5. The van der Waals surface area contributed by atoms with Crippen molar-refractivity contribution in [3.8, 4) is 5.75 Å². The zero-order valence-electron chi connectivity index (χ0n) is 15.2. The second-order valence-corrected chi connectivity index (χ2v) is 6.57. The number of hydrogen-bond acceptors (Lipinski definition) is 4. The minimum atomic E-state index is -0.211. The molecule has 0 radical (unpaired) electrons. The first-order chi connectivity index (χ1) is 12.6. The summed E-state index contributed by atoms with van der Waals surface area (Å²) in [5.74, 6) is 0.554. The fraction of sp³-hybridized carbons (Fsp3) is 0.400. The van der Waals surface area contributed by atoms with Gasteiger partial charge in [-0.3, -0.25) is 14.5 Å². The Kier molecular flexibility index (Phi) is 5.73. The summed E-state index contributed by atoms with van der Waals surface area (Å²) in [6.07, 6.45) is 3.89. The van der Waals surface area contributed by atoms with E-state index in [0.29, 0.717) is 17.8 Å². The SMILES string of the molecule is COc1ccccc1C(CNC(=O)c1cc(C(C)=O)c[nH]1)N1CCCC1. The number of aromatic amines is 1. The van der Waals surface area contributed by atoms with Gasteiger partial charge in [0.1, 0.15) is 11.4 Å². The number of amides is 1. The second kappa shape index (κ2) is 8.19. The van der Waals surface area contributed by atoms with E-state index in [-0.39, 0.29) is 17.7 Å². The van der Waals surface area contributed by atoms with E-state index in [1.54, 1.807) is 19.4 Å². The van der Waals surface area contributed by atoms with E-state index in [9.17, 15) is 9.59 Å². The molecule has 2 aromatic rings. The average molecular weight is 355 g/mol. The van der Waals surface area contributed by atoms with Crippen LogP contribution >= 0.6 is 0 Å². The number of H-pyrrole nitrogens is 1. The summed E-state index contributed by atoms with van der Waals surface area (Å²) in [6.45, 7) is 3.98. The largest absolute Gasteiger partial charge is 0.496 e. The lowest BCUT2D eigenvalue weighted by Gasteiger charge is -2.29. The summed E-state index contributed by atoms with van der Waals surface area (Å²) in [4.78, 5) is 29.1. The minimum Gasteiger partial charge on any atom is -0.496 e. The zero-order valence-corrected chi connectivity index (χ0v) is 15.2. The topological polar surface area (TPSA) is 74.4 Å². The summed E-state index contributed by atoms with van der Waals surface area (Å²) in [6, 6.07) is 9.59. The Bertz CT molecular complexity index is 778. The number of nitrogens with zero attached hydrogens (tertiary/aromatic N) is 1. The molecule has 3 rings (SSSR count). The normalized spacial score (nSPS) is 15.6. The number of Topliss-reactive ketones (excluding diaryl/α,β-unsaturated/α-hetero) is 1. The van der Waals surface area contributed by atoms with Gasteiger partial charge >= 0.3 is 0 Å². The Balaban J connectivity index is 1.75. The van der Waals surface area contributed by atoms with Crippen molar-refractivity contribution in [3.63, 3.8) is 0 Å². The van der Waals surface area contributed by atoms with Gasteiger partial charge in [-0.25, -0.2) is 0 Å². The Labute approximate surface area is 153 Å². The van der Waals surface area contributed by atoms with E-state index in [2.05, 4.69) is 21.3 Å². The quantitative estimate of drug-likeness (QED) is 0.749. The molecule has 0 bridgehead atoms. The van der Waals surface area contributed by atoms with Crippen molar-refractivity contribution in [1.82, 2.24) is 15.2 Å². The van der Waals surface area contributed by atoms with Crippen molar-refractivity contribution in [2.24, 2.45) is 0 Å². The van der Waals surface area contributed by atoms with Gasteiger partial charge in [-0.1, -0.05) is 18.2 Å². The van der Waals surface area contributed by atoms with Gasteiger partial charge in [-0.05, 0) is 45.0 Å². The molecule has 138 valence electrons. The van der Waals surface area contributed by atoms with Crippen LogP contribution < -0.4 is 10.1 Å². The third-order valence-corrected chi connectivity index (χ3v) is 4.87. The third-order valence-electron chi connectivity index (χ3n) is 4.87. The molecule has 1 aliphatic heterocycles. The second-order valence-electron chi connectivity index (χ2n) is 6.57. The number of nitrogens with one attached hydrogen (secondary N) is 2. The lowest BCUT2D eigenvalue weighted by molar-refractivity contribution is 0.0932. The van der Waals surface area contributed by atoms with Gasteiger partial charge in [0.2, 0.25) is 0 Å². The van der Waals surface area contributed by atoms with E-state index >= 15 is 0 Å². The summed E-state index contributed by atoms with van der Waals surface area (Å²) >= 11 is 0. The molecule has 1 aromatic carbocycles. The van der Waals surface area contributed by atoms with Crippen LogP contribution in [0.25, 0.3) is 0 Å². The molecule has 6 nitrogen and oxygen atoms in total. The van der Waals surface area contributed by atoms with Crippen molar-refractivity contribution in [2.45, 2.75) is 25.8 Å². The average Bonchev–Trinajstić information content (AvgIpc) is 3.34. The van der Waals surface area contributed by atoms with Crippen LogP contribution in [-0.4, -0.2) is 48.3 Å². The molecular weight excluding hydrogens is 330 g/mol. The van der Waals surface area contributed by atoms with Gasteiger partial charge in [0.05, 0.1) is 13.2 Å². The van der Waals surface area contributed by atoms with Crippen molar-refractivity contribution >= 4 is 11.7 Å². The van der Waals surface area contributed by atoms with Gasteiger partial charge < -0.3 is 15.0 Å². The van der Waals surface area contributed by atoms with Gasteiger partial charge in [0, 0.05) is 23.9 Å². The number of ketones is 1. The predicted molar refractivity (Wildman–Crippen MR) is 99.7 cm³/mol. The predicted octanol–water partition coefficient (Wildman–Crippen LogP) is 2.79. The first-order valence-electron chi connectivity index (χ1n) is 8.94. The number of aromatic nitrogens is 1. The van der Waals surface area contributed by atoms with Crippen molar-refractivity contribution in [2.75, 3.05) is 26.7 Å². The Morgan fingerprint density at radius 3 is 2.65 bits per heavy atom. The molecule has 1 atom stereocenters. The number of carbonyl (C=O) groups excluding carboxylic acids is 2. The number of ether oxygens (including phenoxy) is 1. The maximum Gasteiger partial charge on any atom is 0.267 e. The Morgan fingerprint density at radius 1 is 1.27 bits per heavy atom. The molecule has 1 aliphatic rings. The van der Waals surface area contributed by atoms with Crippen molar-refractivity contribution in [1.29, 1.82) is 0 Å². The molecule has 0 aliphatic carbocycles. The molecule has 26 heavy (non-hydrogen) atoms. The van der Waals surface area contributed by atoms with E-state index in [0.717, 1.165) is 37.2 Å². The molecule has 1 aromatic heterocycles. The van der Waals surface area contributed by atoms with Crippen LogP contribution in [0.2, 0.25) is 0 Å². The number of likely N-dealkylation sites (tertiary alicyclic amines) is 1. The molecule has 0 saturated carbocycles. The van der Waals surface area contributed by atoms with Crippen molar-refractivity contribution < 1.29 is 14.3 Å². The highest BCUT2D eigenvalue weighted by Crippen LogP contribution is 2.31. The highest BCUT2D eigenvalue weighted by molar-refractivity contribution is 5.99. The molecule has 6 heteroatoms. The fourth-order valence-electron chi connectivity index (χ4n) is 3.44. The van der Waals surface area contributed by atoms with E-state index in [1.807, 2.05) is 18.2 Å². The number of rotatable bonds is 7. The fourth-order valence-corrected chi connectivity index (χ4v) is 3.44. The summed E-state index contributed by atoms with van der Waals surface area (Å²) < 4.78 is 5.52. The summed E-state index contributed by atoms with van der Waals surface area (Å²) in [5, 5.41) is 3.00. The summed E-state index contributed by atoms with van der Waals surface area (Å²) in [5.41, 5.74) is 1.99. The maximum absolute atomic E-state index is 12.5. The Morgan fingerprint density at radius 2 is 2.00 bits per heavy atom. The van der Waals surface area contributed by atoms with E-state index < -0.39 is 0 Å². The molecule has 1 amide bonds. The Hall–Kier alpha value is -2.60. The van der Waals surface area contributed by atoms with Crippen LogP contribution in [0.5, 0.6) is 5.75 Å². The number of methoxy groups -OCH3 is 1. The molecular formula is C20H25N3O3. The zero-order chi connectivity index (χ0) is 18.5. The van der Waals surface area contributed by atoms with Gasteiger partial charge in [0.25, 0.3) is 5.91 Å². The summed E-state index contributed by atoms with van der Waals surface area (Å²) in [7, 11) is 1.67. The molecule has 1 fully saturated rings. The molecule has 0 spiro atoms. The lowest BCUT2D eigenvalue weighted by Crippen LogP contribution is -2.37. The van der Waals surface area contributed by atoms with Gasteiger partial charge in [0.15, 0.2) is 5.78 Å². The first-order valence-corrected chi connectivity index (χ1v) is 8.94. The standard InChI is InChI=1S/C20H25N3O3/c1-14(24)15-11-17(21-12-15)20(25)22-13-18(23-9-5-6-10-23)16-7-3-4-8-19(16)26-2/h3-4,7-8,11-12,18,21H,5-6,9-10,13H2,1-2H3,(H,22,25). The van der Waals surface area contributed by atoms with Crippen LogP contribution in [-0.2, 0) is 0 Å². The smallest absolute Gasteiger partial charge is 0.267 e. The highest BCUT2D eigenvalue weighted by atomic mass is 16.5. The van der Waals surface area contributed by atoms with Crippen molar-refractivity contribution in [3.05, 3.63) is 53.3 Å². The minimum absolute atomic E-state index is 0.0554. The van der Waals surface area contributed by atoms with E-state index in [1.165, 1.54) is 6.92 Å². The van der Waals surface area contributed by atoms with Crippen LogP contribution in [0.4, 0.5) is 0 Å². The molecule has 1 saturated heterocycles. The van der Waals surface area contributed by atoms with Crippen LogP contribution in [0.15, 0.2) is 36.5 Å². The van der Waals surface area contributed by atoms with Gasteiger partial charge in [-0.15, -0.1) is 0 Å². The number of benzene rings is 1. The molecule has 1 unspecified atom stereocenters. The number of carbonyl (C=O) groups is 2. The third kappa shape index (κ3) is 3.96. The highest BCUT2D eigenvalue weighted by Gasteiger charge is 2.26. The van der Waals surface area contributed by atoms with Gasteiger partial charge in [-0.2, -0.15) is 0 Å². The molecule has 2 heterocycles. The van der Waals surface area contributed by atoms with Crippen LogP contribution in [0.1, 0.15) is 52.2 Å².